The highest BCUT2D eigenvalue weighted by Gasteiger charge is 2.30. The molecule has 0 aromatic heterocycles. The lowest BCUT2D eigenvalue weighted by molar-refractivity contribution is -0.161. The number of aliphatic hydroxyl groups is 1. The molecular weight excluding hydrogens is 1280 g/mol. The topological polar surface area (TPSA) is 237 Å². The number of esters is 4. The Morgan fingerprint density at radius 1 is 0.296 bits per heavy atom. The van der Waals surface area contributed by atoms with Gasteiger partial charge in [0.25, 0.3) is 0 Å². The zero-order valence-corrected chi connectivity index (χ0v) is 64.3. The zero-order valence-electron chi connectivity index (χ0n) is 62.5. The number of ether oxygens (including phenoxy) is 4. The number of unbranched alkanes of at least 4 members (excludes halogenated alkanes) is 39. The molecule has 0 radical (unpaired) electrons. The average Bonchev–Trinajstić information content (AvgIpc) is 0.969. The van der Waals surface area contributed by atoms with Crippen molar-refractivity contribution in [2.45, 2.75) is 380 Å². The molecule has 572 valence electrons. The van der Waals surface area contributed by atoms with Crippen molar-refractivity contribution in [1.82, 2.24) is 0 Å². The number of phosphoric acid groups is 2. The van der Waals surface area contributed by atoms with Crippen LogP contribution in [0, 0.1) is 0 Å². The third-order valence-corrected chi connectivity index (χ3v) is 18.9. The summed E-state index contributed by atoms with van der Waals surface area (Å²) in [5, 5.41) is 10.6. The smallest absolute Gasteiger partial charge is 0.462 e. The summed E-state index contributed by atoms with van der Waals surface area (Å²) < 4.78 is 68.6. The van der Waals surface area contributed by atoms with Gasteiger partial charge < -0.3 is 33.8 Å². The molecule has 0 aromatic rings. The number of phosphoric ester groups is 2. The lowest BCUT2D eigenvalue weighted by Gasteiger charge is -2.21. The summed E-state index contributed by atoms with van der Waals surface area (Å²) in [5.41, 5.74) is 0. The summed E-state index contributed by atoms with van der Waals surface area (Å²) in [4.78, 5) is 72.9. The molecule has 0 saturated carbocycles. The Hall–Kier alpha value is -3.24. The van der Waals surface area contributed by atoms with Gasteiger partial charge >= 0.3 is 39.5 Å². The summed E-state index contributed by atoms with van der Waals surface area (Å²) >= 11 is 0. The first-order valence-electron chi connectivity index (χ1n) is 39.5. The molecule has 0 aliphatic carbocycles. The molecule has 5 atom stereocenters. The maximum Gasteiger partial charge on any atom is 0.472 e. The summed E-state index contributed by atoms with van der Waals surface area (Å²) in [6.07, 6.45) is 70.5. The van der Waals surface area contributed by atoms with Crippen LogP contribution in [0.25, 0.3) is 0 Å². The monoisotopic (exact) mass is 1430 g/mol. The van der Waals surface area contributed by atoms with Crippen molar-refractivity contribution in [2.75, 3.05) is 39.6 Å². The van der Waals surface area contributed by atoms with Crippen molar-refractivity contribution in [3.05, 3.63) is 60.8 Å². The van der Waals surface area contributed by atoms with E-state index < -0.39 is 97.5 Å². The van der Waals surface area contributed by atoms with Gasteiger partial charge in [-0.05, 0) is 89.9 Å². The van der Waals surface area contributed by atoms with Crippen LogP contribution in [0.3, 0.4) is 0 Å². The number of allylic oxidation sites excluding steroid dienone is 10. The maximum atomic E-state index is 13.1. The molecule has 19 heteroatoms. The van der Waals surface area contributed by atoms with Gasteiger partial charge in [-0.2, -0.15) is 0 Å². The number of aliphatic hydroxyl groups excluding tert-OH is 1. The number of rotatable bonds is 75. The molecule has 17 nitrogen and oxygen atoms in total. The molecule has 0 aliphatic heterocycles. The minimum atomic E-state index is -4.97. The van der Waals surface area contributed by atoms with Crippen molar-refractivity contribution >= 4 is 39.5 Å². The second kappa shape index (κ2) is 72.1. The Labute approximate surface area is 597 Å². The number of carbonyl (C=O) groups is 4. The molecule has 0 spiro atoms. The molecule has 0 aromatic carbocycles. The van der Waals surface area contributed by atoms with Gasteiger partial charge in [-0.15, -0.1) is 0 Å². The fourth-order valence-electron chi connectivity index (χ4n) is 11.0. The highest BCUT2D eigenvalue weighted by atomic mass is 31.2. The van der Waals surface area contributed by atoms with Crippen molar-refractivity contribution in [1.29, 1.82) is 0 Å². The lowest BCUT2D eigenvalue weighted by Crippen LogP contribution is -2.30. The zero-order chi connectivity index (χ0) is 71.8. The van der Waals surface area contributed by atoms with Gasteiger partial charge in [-0.3, -0.25) is 37.3 Å². The summed E-state index contributed by atoms with van der Waals surface area (Å²) in [7, 11) is -9.94. The van der Waals surface area contributed by atoms with Crippen LogP contribution in [0.2, 0.25) is 0 Å². The van der Waals surface area contributed by atoms with Crippen LogP contribution in [-0.2, 0) is 65.4 Å². The van der Waals surface area contributed by atoms with Gasteiger partial charge in [0.2, 0.25) is 0 Å². The standard InChI is InChI=1S/C79H144O17P2/c1-5-9-13-17-21-25-29-33-35-36-38-42-44-48-52-56-60-64-77(82)90-70-75(96-79(84)66-62-58-54-50-46-40-32-28-24-20-16-12-8-4)72-94-98(87,88)92-68-73(80)67-91-97(85,86)93-71-74(95-78(83)65-61-57-53-49-45-39-31-27-23-19-15-11-7-3)69-89-76(81)63-59-55-51-47-43-41-37-34-30-26-22-18-14-10-6-2/h9,13,21-22,25-26,33-35,37,73-75,80H,5-8,10-12,14-20,23-24,27-32,36,38-72H2,1-4H3,(H,85,86)(H,87,88)/b13-9-,25-21-,26-22-,35-33-,37-34-. The van der Waals surface area contributed by atoms with Gasteiger partial charge in [-0.1, -0.05) is 307 Å². The SMILES string of the molecule is CC/C=C\C/C=C\C/C=C\CCCCCCCCCC(=O)OCC(COP(=O)(O)OCC(O)COP(=O)(O)OCC(COC(=O)CCCCCCC/C=C\C/C=C\CCCCC)OC(=O)CCCCCCCCCCCCCCC)OC(=O)CCCCCCCCCCCCCCC. The Morgan fingerprint density at radius 3 is 0.837 bits per heavy atom. The van der Waals surface area contributed by atoms with Gasteiger partial charge in [0.1, 0.15) is 19.3 Å². The second-order valence-electron chi connectivity index (χ2n) is 26.6. The first-order chi connectivity index (χ1) is 47.7. The molecule has 0 bridgehead atoms. The van der Waals surface area contributed by atoms with Gasteiger partial charge in [0, 0.05) is 25.7 Å². The average molecular weight is 1430 g/mol. The van der Waals surface area contributed by atoms with E-state index in [1.165, 1.54) is 122 Å². The van der Waals surface area contributed by atoms with E-state index in [1.807, 2.05) is 0 Å². The van der Waals surface area contributed by atoms with E-state index in [0.717, 1.165) is 161 Å². The van der Waals surface area contributed by atoms with Crippen LogP contribution in [0.4, 0.5) is 0 Å². The highest BCUT2D eigenvalue weighted by Crippen LogP contribution is 2.45. The Balaban J connectivity index is 5.31. The third-order valence-electron chi connectivity index (χ3n) is 17.0. The number of carbonyl (C=O) groups excluding carboxylic acids is 4. The first-order valence-corrected chi connectivity index (χ1v) is 42.5. The molecule has 5 unspecified atom stereocenters. The van der Waals surface area contributed by atoms with E-state index in [4.69, 9.17) is 37.0 Å². The van der Waals surface area contributed by atoms with Crippen LogP contribution >= 0.6 is 15.6 Å². The first kappa shape index (κ1) is 94.8. The quantitative estimate of drug-likeness (QED) is 0.0169. The third kappa shape index (κ3) is 71.2. The van der Waals surface area contributed by atoms with E-state index in [0.29, 0.717) is 25.7 Å². The second-order valence-corrected chi connectivity index (χ2v) is 29.5. The van der Waals surface area contributed by atoms with Gasteiger partial charge in [0.05, 0.1) is 26.4 Å². The summed E-state index contributed by atoms with van der Waals surface area (Å²) in [5.74, 6) is -2.16. The van der Waals surface area contributed by atoms with Crippen molar-refractivity contribution in [3.8, 4) is 0 Å². The molecular formula is C79H144O17P2. The highest BCUT2D eigenvalue weighted by molar-refractivity contribution is 7.47. The van der Waals surface area contributed by atoms with Crippen molar-refractivity contribution in [3.63, 3.8) is 0 Å². The fraction of sp³-hybridized carbons (Fsp3) is 0.823. The number of hydrogen-bond donors (Lipinski definition) is 3. The largest absolute Gasteiger partial charge is 0.472 e. The number of hydrogen-bond acceptors (Lipinski definition) is 15. The normalized spacial score (nSPS) is 14.2. The van der Waals surface area contributed by atoms with Gasteiger partial charge in [-0.25, -0.2) is 9.13 Å². The predicted molar refractivity (Wildman–Crippen MR) is 400 cm³/mol. The molecule has 0 rings (SSSR count). The van der Waals surface area contributed by atoms with Crippen LogP contribution in [0.1, 0.15) is 362 Å². The lowest BCUT2D eigenvalue weighted by atomic mass is 10.0. The van der Waals surface area contributed by atoms with Crippen LogP contribution < -0.4 is 0 Å². The molecule has 3 N–H and O–H groups in total. The van der Waals surface area contributed by atoms with E-state index in [1.54, 1.807) is 0 Å². The van der Waals surface area contributed by atoms with E-state index in [2.05, 4.69) is 88.5 Å². The molecule has 0 fully saturated rings. The minimum absolute atomic E-state index is 0.0988. The van der Waals surface area contributed by atoms with E-state index in [-0.39, 0.29) is 25.7 Å². The van der Waals surface area contributed by atoms with Crippen molar-refractivity contribution in [2.24, 2.45) is 0 Å². The van der Waals surface area contributed by atoms with E-state index >= 15 is 0 Å². The van der Waals surface area contributed by atoms with Crippen LogP contribution in [-0.4, -0.2) is 96.7 Å². The molecule has 0 aliphatic rings. The molecule has 0 heterocycles. The summed E-state index contributed by atoms with van der Waals surface area (Å²) in [6.45, 7) is 4.78. The van der Waals surface area contributed by atoms with Crippen molar-refractivity contribution < 1.29 is 80.2 Å². The Morgan fingerprint density at radius 2 is 0.531 bits per heavy atom. The predicted octanol–water partition coefficient (Wildman–Crippen LogP) is 22.7. The fourth-order valence-corrected chi connectivity index (χ4v) is 12.6. The molecule has 0 saturated heterocycles. The minimum Gasteiger partial charge on any atom is -0.462 e. The van der Waals surface area contributed by atoms with E-state index in [9.17, 15) is 43.2 Å². The molecule has 98 heavy (non-hydrogen) atoms. The Kier molecular flexibility index (Phi) is 69.7. The van der Waals surface area contributed by atoms with Crippen LogP contribution in [0.15, 0.2) is 60.8 Å². The summed E-state index contributed by atoms with van der Waals surface area (Å²) in [6, 6.07) is 0. The van der Waals surface area contributed by atoms with Crippen LogP contribution in [0.5, 0.6) is 0 Å². The molecule has 0 amide bonds. The Bertz CT molecular complexity index is 2100. The van der Waals surface area contributed by atoms with Gasteiger partial charge in [0.15, 0.2) is 12.2 Å². The maximum absolute atomic E-state index is 13.1.